The predicted molar refractivity (Wildman–Crippen MR) is 54.1 cm³/mol. The van der Waals surface area contributed by atoms with Crippen molar-refractivity contribution in [3.8, 4) is 0 Å². The maximum absolute atomic E-state index is 5.36. The molecule has 2 rings (SSSR count). The van der Waals surface area contributed by atoms with Crippen molar-refractivity contribution in [3.05, 3.63) is 30.3 Å². The Morgan fingerprint density at radius 1 is 1.31 bits per heavy atom. The highest BCUT2D eigenvalue weighted by Gasteiger charge is 2.19. The van der Waals surface area contributed by atoms with E-state index in [9.17, 15) is 0 Å². The van der Waals surface area contributed by atoms with E-state index in [0.29, 0.717) is 6.04 Å². The second-order valence-electron chi connectivity index (χ2n) is 3.46. The van der Waals surface area contributed by atoms with E-state index in [1.807, 2.05) is 6.07 Å². The Kier molecular flexibility index (Phi) is 2.50. The molecule has 1 saturated heterocycles. The fourth-order valence-corrected chi connectivity index (χ4v) is 1.70. The molecule has 1 aliphatic heterocycles. The Hall–Kier alpha value is -1.02. The minimum atomic E-state index is 0.558. The average Bonchev–Trinajstić information content (AvgIpc) is 2.71. The van der Waals surface area contributed by atoms with Crippen LogP contribution in [0.1, 0.15) is 6.42 Å². The van der Waals surface area contributed by atoms with E-state index in [1.54, 1.807) is 0 Å². The van der Waals surface area contributed by atoms with Gasteiger partial charge < -0.3 is 9.64 Å². The van der Waals surface area contributed by atoms with Crippen LogP contribution in [-0.2, 0) is 4.74 Å². The zero-order chi connectivity index (χ0) is 9.10. The summed E-state index contributed by atoms with van der Waals surface area (Å²) in [6, 6.07) is 11.0. The molecule has 0 aromatic heterocycles. The number of para-hydroxylation sites is 1. The van der Waals surface area contributed by atoms with Gasteiger partial charge in [-0.1, -0.05) is 18.2 Å². The van der Waals surface area contributed by atoms with Gasteiger partial charge in [0.1, 0.15) is 0 Å². The van der Waals surface area contributed by atoms with Crippen LogP contribution in [0.5, 0.6) is 0 Å². The minimum absolute atomic E-state index is 0.558. The molecular formula is C11H15NO. The zero-order valence-corrected chi connectivity index (χ0v) is 7.94. The maximum atomic E-state index is 5.36. The van der Waals surface area contributed by atoms with Crippen LogP contribution in [0.4, 0.5) is 5.69 Å². The van der Waals surface area contributed by atoms with Crippen LogP contribution in [0.25, 0.3) is 0 Å². The lowest BCUT2D eigenvalue weighted by Gasteiger charge is -2.25. The zero-order valence-electron chi connectivity index (χ0n) is 7.94. The number of rotatable bonds is 2. The number of hydrogen-bond acceptors (Lipinski definition) is 2. The summed E-state index contributed by atoms with van der Waals surface area (Å²) in [4.78, 5) is 2.30. The van der Waals surface area contributed by atoms with Gasteiger partial charge in [-0.2, -0.15) is 0 Å². The van der Waals surface area contributed by atoms with Crippen molar-refractivity contribution in [1.82, 2.24) is 0 Å². The van der Waals surface area contributed by atoms with E-state index >= 15 is 0 Å². The molecule has 1 aliphatic rings. The third kappa shape index (κ3) is 1.83. The number of anilines is 1. The molecule has 0 N–H and O–H groups in total. The van der Waals surface area contributed by atoms with Crippen LogP contribution >= 0.6 is 0 Å². The molecule has 1 unspecified atom stereocenters. The molecule has 2 heteroatoms. The normalized spacial score (nSPS) is 21.8. The van der Waals surface area contributed by atoms with Crippen molar-refractivity contribution in [2.24, 2.45) is 0 Å². The van der Waals surface area contributed by atoms with Crippen molar-refractivity contribution < 1.29 is 4.74 Å². The van der Waals surface area contributed by atoms with Crippen molar-refractivity contribution in [2.45, 2.75) is 12.5 Å². The second-order valence-corrected chi connectivity index (χ2v) is 3.46. The van der Waals surface area contributed by atoms with E-state index in [1.165, 1.54) is 5.69 Å². The van der Waals surface area contributed by atoms with Crippen LogP contribution in [0.2, 0.25) is 0 Å². The molecule has 0 spiro atoms. The van der Waals surface area contributed by atoms with Crippen LogP contribution in [0.3, 0.4) is 0 Å². The van der Waals surface area contributed by atoms with Crippen molar-refractivity contribution in [3.63, 3.8) is 0 Å². The maximum Gasteiger partial charge on any atom is 0.0670 e. The molecule has 70 valence electrons. The number of likely N-dealkylation sites (N-methyl/N-ethyl adjacent to an activating group) is 1. The smallest absolute Gasteiger partial charge is 0.0670 e. The first-order valence-electron chi connectivity index (χ1n) is 4.73. The van der Waals surface area contributed by atoms with Crippen LogP contribution < -0.4 is 4.90 Å². The van der Waals surface area contributed by atoms with Crippen molar-refractivity contribution >= 4 is 5.69 Å². The van der Waals surface area contributed by atoms with Gasteiger partial charge in [-0.05, 0) is 18.6 Å². The third-order valence-electron chi connectivity index (χ3n) is 2.62. The summed E-state index contributed by atoms with van der Waals surface area (Å²) in [6.07, 6.45) is 1.14. The molecule has 1 fully saturated rings. The molecule has 1 heterocycles. The number of nitrogens with zero attached hydrogens (tertiary/aromatic N) is 1. The molecular weight excluding hydrogens is 162 g/mol. The predicted octanol–water partition coefficient (Wildman–Crippen LogP) is 1.91. The monoisotopic (exact) mass is 177 g/mol. The van der Waals surface area contributed by atoms with Gasteiger partial charge in [0.15, 0.2) is 0 Å². The molecule has 1 atom stereocenters. The van der Waals surface area contributed by atoms with Gasteiger partial charge in [0, 0.05) is 19.3 Å². The minimum Gasteiger partial charge on any atom is -0.379 e. The Bertz CT molecular complexity index is 254. The lowest BCUT2D eigenvalue weighted by molar-refractivity contribution is 0.193. The summed E-state index contributed by atoms with van der Waals surface area (Å²) in [5, 5.41) is 0. The highest BCUT2D eigenvalue weighted by atomic mass is 16.5. The summed E-state index contributed by atoms with van der Waals surface area (Å²) >= 11 is 0. The molecule has 1 aromatic carbocycles. The lowest BCUT2D eigenvalue weighted by Crippen LogP contribution is -2.31. The average molecular weight is 177 g/mol. The fourth-order valence-electron chi connectivity index (χ4n) is 1.70. The van der Waals surface area contributed by atoms with Crippen LogP contribution in [-0.4, -0.2) is 26.3 Å². The van der Waals surface area contributed by atoms with Gasteiger partial charge >= 0.3 is 0 Å². The van der Waals surface area contributed by atoms with E-state index < -0.39 is 0 Å². The number of hydrogen-bond donors (Lipinski definition) is 0. The van der Waals surface area contributed by atoms with Gasteiger partial charge in [0.2, 0.25) is 0 Å². The Balaban J connectivity index is 2.08. The summed E-state index contributed by atoms with van der Waals surface area (Å²) in [5.74, 6) is 0. The molecule has 2 nitrogen and oxygen atoms in total. The third-order valence-corrected chi connectivity index (χ3v) is 2.62. The molecule has 0 bridgehead atoms. The molecule has 13 heavy (non-hydrogen) atoms. The van der Waals surface area contributed by atoms with Crippen LogP contribution in [0.15, 0.2) is 30.3 Å². The second kappa shape index (κ2) is 3.79. The SMILES string of the molecule is CN(c1ccccc1)C1CCOC1. The van der Waals surface area contributed by atoms with Gasteiger partial charge in [-0.15, -0.1) is 0 Å². The molecule has 0 saturated carbocycles. The highest BCUT2D eigenvalue weighted by molar-refractivity contribution is 5.46. The largest absolute Gasteiger partial charge is 0.379 e. The summed E-state index contributed by atoms with van der Waals surface area (Å²) < 4.78 is 5.36. The molecule has 1 aromatic rings. The molecule has 0 amide bonds. The van der Waals surface area contributed by atoms with Crippen molar-refractivity contribution in [1.29, 1.82) is 0 Å². The summed E-state index contributed by atoms with van der Waals surface area (Å²) in [5.41, 5.74) is 1.28. The number of ether oxygens (including phenoxy) is 1. The van der Waals surface area contributed by atoms with E-state index in [2.05, 4.69) is 36.2 Å². The first-order chi connectivity index (χ1) is 6.38. The summed E-state index contributed by atoms with van der Waals surface area (Å²) in [7, 11) is 2.13. The van der Waals surface area contributed by atoms with Crippen LogP contribution in [0, 0.1) is 0 Å². The first-order valence-corrected chi connectivity index (χ1v) is 4.73. The number of benzene rings is 1. The Labute approximate surface area is 79.1 Å². The van der Waals surface area contributed by atoms with Gasteiger partial charge in [-0.3, -0.25) is 0 Å². The standard InChI is InChI=1S/C11H15NO/c1-12(11-7-8-13-9-11)10-5-3-2-4-6-10/h2-6,11H,7-9H2,1H3. The van der Waals surface area contributed by atoms with Gasteiger partial charge in [-0.25, -0.2) is 0 Å². The van der Waals surface area contributed by atoms with E-state index in [0.717, 1.165) is 19.6 Å². The molecule has 0 radical (unpaired) electrons. The lowest BCUT2D eigenvalue weighted by atomic mass is 10.2. The summed E-state index contributed by atoms with van der Waals surface area (Å²) in [6.45, 7) is 1.77. The van der Waals surface area contributed by atoms with Gasteiger partial charge in [0.05, 0.1) is 12.6 Å². The topological polar surface area (TPSA) is 12.5 Å². The van der Waals surface area contributed by atoms with Gasteiger partial charge in [0.25, 0.3) is 0 Å². The van der Waals surface area contributed by atoms with Crippen molar-refractivity contribution in [2.75, 3.05) is 25.2 Å². The first kappa shape index (κ1) is 8.57. The van der Waals surface area contributed by atoms with E-state index in [-0.39, 0.29) is 0 Å². The fraction of sp³-hybridized carbons (Fsp3) is 0.455. The Morgan fingerprint density at radius 2 is 2.08 bits per heavy atom. The van der Waals surface area contributed by atoms with E-state index in [4.69, 9.17) is 4.74 Å². The Morgan fingerprint density at radius 3 is 2.69 bits per heavy atom. The quantitative estimate of drug-likeness (QED) is 0.684. The highest BCUT2D eigenvalue weighted by Crippen LogP contribution is 2.18. The molecule has 0 aliphatic carbocycles.